The third kappa shape index (κ3) is 9.51. The molecule has 6 heteroatoms. The molecular weight excluding hydrogens is 929 g/mol. The lowest BCUT2D eigenvalue weighted by molar-refractivity contribution is -0.0994. The van der Waals surface area contributed by atoms with Gasteiger partial charge in [-0.2, -0.15) is 23.5 Å². The smallest absolute Gasteiger partial charge is 0.0552 e. The highest BCUT2D eigenvalue weighted by molar-refractivity contribution is 7.98. The minimum absolute atomic E-state index is 0.316. The van der Waals surface area contributed by atoms with E-state index in [0.29, 0.717) is 10.8 Å². The number of nitrogens with zero attached hydrogens (tertiary/aromatic N) is 2. The molecule has 2 heterocycles. The fraction of sp³-hybridized carbons (Fsp3) is 0.224. The molecule has 4 nitrogen and oxygen atoms in total. The van der Waals surface area contributed by atoms with Crippen molar-refractivity contribution < 1.29 is 9.47 Å². The Bertz CT molecular complexity index is 3520. The summed E-state index contributed by atoms with van der Waals surface area (Å²) in [4.78, 5) is 4.89. The molecule has 2 saturated heterocycles. The van der Waals surface area contributed by atoms with Gasteiger partial charge >= 0.3 is 0 Å². The first-order chi connectivity index (χ1) is 36.0. The molecule has 0 spiro atoms. The van der Waals surface area contributed by atoms with Crippen LogP contribution in [0, 0.1) is 10.8 Å². The zero-order valence-corrected chi connectivity index (χ0v) is 43.6. The van der Waals surface area contributed by atoms with Gasteiger partial charge in [-0.1, -0.05) is 159 Å². The Hall–Kier alpha value is -6.54. The van der Waals surface area contributed by atoms with Crippen LogP contribution in [-0.2, 0) is 21.0 Å². The van der Waals surface area contributed by atoms with Gasteiger partial charge in [-0.3, -0.25) is 0 Å². The summed E-state index contributed by atoms with van der Waals surface area (Å²) in [5.74, 6) is 4.26. The molecule has 1 atom stereocenters. The van der Waals surface area contributed by atoms with Crippen molar-refractivity contribution in [3.05, 3.63) is 217 Å². The number of hydrogen-bond donors (Lipinski definition) is 0. The zero-order valence-electron chi connectivity index (χ0n) is 41.9. The Labute approximate surface area is 439 Å². The van der Waals surface area contributed by atoms with Gasteiger partial charge in [0.05, 0.1) is 31.2 Å². The second kappa shape index (κ2) is 20.8. The van der Waals surface area contributed by atoms with Crippen LogP contribution in [0.2, 0.25) is 0 Å². The molecule has 0 aromatic heterocycles. The number of rotatable bonds is 17. The Balaban J connectivity index is 0.872. The highest BCUT2D eigenvalue weighted by Crippen LogP contribution is 2.46. The lowest BCUT2D eigenvalue weighted by Gasteiger charge is -2.40. The average molecular weight is 991 g/mol. The lowest BCUT2D eigenvalue weighted by atomic mass is 9.86. The summed E-state index contributed by atoms with van der Waals surface area (Å²) in [7, 11) is 0. The molecule has 1 unspecified atom stereocenters. The average Bonchev–Trinajstić information content (AvgIpc) is 3.92. The van der Waals surface area contributed by atoms with Gasteiger partial charge in [-0.05, 0) is 134 Å². The van der Waals surface area contributed by atoms with Crippen LogP contribution < -0.4 is 9.80 Å². The van der Waals surface area contributed by atoms with Crippen LogP contribution in [0.3, 0.4) is 0 Å². The second-order valence-corrected chi connectivity index (χ2v) is 22.4. The van der Waals surface area contributed by atoms with Crippen LogP contribution >= 0.6 is 23.5 Å². The van der Waals surface area contributed by atoms with Crippen LogP contribution in [0.1, 0.15) is 44.2 Å². The highest BCUT2D eigenvalue weighted by Gasteiger charge is 2.36. The number of benzene rings is 10. The molecule has 0 radical (unpaired) electrons. The van der Waals surface area contributed by atoms with Gasteiger partial charge in [-0.25, -0.2) is 0 Å². The van der Waals surface area contributed by atoms with Gasteiger partial charge < -0.3 is 19.3 Å². The first-order valence-corrected chi connectivity index (χ1v) is 28.4. The fourth-order valence-electron chi connectivity index (χ4n) is 11.1. The van der Waals surface area contributed by atoms with E-state index in [0.717, 1.165) is 72.2 Å². The van der Waals surface area contributed by atoms with Crippen LogP contribution in [0.15, 0.2) is 206 Å². The van der Waals surface area contributed by atoms with E-state index in [1.807, 2.05) is 23.5 Å². The summed E-state index contributed by atoms with van der Waals surface area (Å²) in [5.41, 5.74) is 12.5. The van der Waals surface area contributed by atoms with Crippen LogP contribution in [-0.4, -0.2) is 37.9 Å². The molecule has 2 aliphatic rings. The summed E-state index contributed by atoms with van der Waals surface area (Å²) in [6.45, 7) is 8.18. The van der Waals surface area contributed by atoms with E-state index in [1.54, 1.807) is 0 Å². The van der Waals surface area contributed by atoms with Gasteiger partial charge in [0.15, 0.2) is 0 Å². The van der Waals surface area contributed by atoms with E-state index in [1.165, 1.54) is 96.0 Å². The third-order valence-corrected chi connectivity index (χ3v) is 18.5. The van der Waals surface area contributed by atoms with E-state index >= 15 is 0 Å². The van der Waals surface area contributed by atoms with E-state index in [2.05, 4.69) is 230 Å². The van der Waals surface area contributed by atoms with E-state index in [9.17, 15) is 0 Å². The van der Waals surface area contributed by atoms with Crippen molar-refractivity contribution in [2.45, 2.75) is 44.6 Å². The van der Waals surface area contributed by atoms with Crippen molar-refractivity contribution in [1.82, 2.24) is 0 Å². The van der Waals surface area contributed by atoms with Gasteiger partial charge in [0.2, 0.25) is 0 Å². The van der Waals surface area contributed by atoms with Crippen LogP contribution in [0.5, 0.6) is 0 Å². The largest absolute Gasteiger partial charge is 0.381 e. The second-order valence-electron chi connectivity index (χ2n) is 20.4. The summed E-state index contributed by atoms with van der Waals surface area (Å²) in [5, 5.41) is 9.96. The molecule has 0 N–H and O–H groups in total. The third-order valence-electron chi connectivity index (χ3n) is 15.8. The normalized spacial score (nSPS) is 16.3. The number of fused-ring (bicyclic) bond motifs is 6. The quantitative estimate of drug-likeness (QED) is 0.0843. The number of anilines is 6. The van der Waals surface area contributed by atoms with Crippen molar-refractivity contribution in [3.8, 4) is 11.1 Å². The summed E-state index contributed by atoms with van der Waals surface area (Å²) >= 11 is 4.07. The maximum atomic E-state index is 5.84. The van der Waals surface area contributed by atoms with Crippen molar-refractivity contribution >= 4 is 101 Å². The van der Waals surface area contributed by atoms with Crippen molar-refractivity contribution in [3.63, 3.8) is 0 Å². The highest BCUT2D eigenvalue weighted by atomic mass is 32.2. The standard InChI is InChI=1S/C67H62N2O2S2/c1-3-66(37-38-70-43-66)46-72-41-48-21-29-54(30-22-48)68(64-39-52-13-5-7-15-58(52)60-17-9-11-19-62(60)64)56-33-25-50(26-34-56)51-27-35-57(36-28-51)69(55-31-23-49(24-32-55)42-73-47-67(4-2)44-71-45-67)65-40-53-14-6-8-16-59(53)61-18-10-12-20-63(61)65/h5-36,39-40H,3-4,37-38,41-47H2,1-2H3. The fourth-order valence-corrected chi connectivity index (χ4v) is 13.8. The lowest BCUT2D eigenvalue weighted by Crippen LogP contribution is -2.44. The predicted octanol–water partition coefficient (Wildman–Crippen LogP) is 18.6. The van der Waals surface area contributed by atoms with Gasteiger partial charge in [-0.15, -0.1) is 0 Å². The molecule has 0 amide bonds. The molecule has 2 aliphatic heterocycles. The molecule has 0 saturated carbocycles. The Morgan fingerprint density at radius 3 is 1.15 bits per heavy atom. The SMILES string of the molecule is CCC1(CSCc2ccc(N(c3ccc(-c4ccc(N(c5ccc(CSCC6(CC)COC6)cc5)c5cc6ccccc6c6ccccc56)cc4)cc3)c3cc4ccccc4c4ccccc34)cc2)CCOC1. The molecule has 12 rings (SSSR count). The summed E-state index contributed by atoms with van der Waals surface area (Å²) in [6, 6.07) is 76.8. The Morgan fingerprint density at radius 1 is 0.397 bits per heavy atom. The molecule has 0 bridgehead atoms. The number of hydrogen-bond acceptors (Lipinski definition) is 6. The van der Waals surface area contributed by atoms with Crippen molar-refractivity contribution in [2.75, 3.05) is 47.7 Å². The first-order valence-electron chi connectivity index (χ1n) is 26.1. The van der Waals surface area contributed by atoms with Crippen molar-refractivity contribution in [1.29, 1.82) is 0 Å². The van der Waals surface area contributed by atoms with Crippen molar-refractivity contribution in [2.24, 2.45) is 10.8 Å². The summed E-state index contributed by atoms with van der Waals surface area (Å²) in [6.07, 6.45) is 3.51. The minimum Gasteiger partial charge on any atom is -0.381 e. The minimum atomic E-state index is 0.316. The Kier molecular flexibility index (Phi) is 13.5. The topological polar surface area (TPSA) is 24.9 Å². The molecule has 73 heavy (non-hydrogen) atoms. The molecule has 10 aromatic carbocycles. The van der Waals surface area contributed by atoms with E-state index in [-0.39, 0.29) is 0 Å². The first kappa shape index (κ1) is 47.5. The van der Waals surface area contributed by atoms with Gasteiger partial charge in [0.1, 0.15) is 0 Å². The molecular formula is C67H62N2O2S2. The molecule has 364 valence electrons. The molecule has 10 aromatic rings. The van der Waals surface area contributed by atoms with Crippen LogP contribution in [0.25, 0.3) is 54.2 Å². The monoisotopic (exact) mass is 990 g/mol. The summed E-state index contributed by atoms with van der Waals surface area (Å²) < 4.78 is 11.5. The van der Waals surface area contributed by atoms with Gasteiger partial charge in [0, 0.05) is 74.0 Å². The van der Waals surface area contributed by atoms with Gasteiger partial charge in [0.25, 0.3) is 0 Å². The predicted molar refractivity (Wildman–Crippen MR) is 315 cm³/mol. The molecule has 2 fully saturated rings. The number of thioether (sulfide) groups is 2. The van der Waals surface area contributed by atoms with E-state index in [4.69, 9.17) is 9.47 Å². The van der Waals surface area contributed by atoms with E-state index < -0.39 is 0 Å². The maximum Gasteiger partial charge on any atom is 0.0552 e. The number of ether oxygens (including phenoxy) is 2. The Morgan fingerprint density at radius 2 is 0.767 bits per heavy atom. The molecule has 0 aliphatic carbocycles. The van der Waals surface area contributed by atoms with Crippen LogP contribution in [0.4, 0.5) is 34.1 Å². The maximum absolute atomic E-state index is 5.84. The zero-order chi connectivity index (χ0) is 49.2.